The molecular formula is C27H43N3O4. The minimum atomic E-state index is -0.135. The van der Waals surface area contributed by atoms with Crippen molar-refractivity contribution in [1.29, 1.82) is 0 Å². The summed E-state index contributed by atoms with van der Waals surface area (Å²) < 4.78 is 12.1. The van der Waals surface area contributed by atoms with Crippen LogP contribution in [0.2, 0.25) is 0 Å². The molecule has 0 saturated heterocycles. The lowest BCUT2D eigenvalue weighted by Crippen LogP contribution is -2.48. The van der Waals surface area contributed by atoms with Gasteiger partial charge in [0, 0.05) is 51.9 Å². The lowest BCUT2D eigenvalue weighted by Gasteiger charge is -2.38. The van der Waals surface area contributed by atoms with E-state index in [1.165, 1.54) is 32.1 Å². The van der Waals surface area contributed by atoms with Crippen LogP contribution in [0, 0.1) is 11.8 Å². The smallest absolute Gasteiger partial charge is 0.257 e. The third kappa shape index (κ3) is 6.95. The van der Waals surface area contributed by atoms with Crippen LogP contribution >= 0.6 is 0 Å². The van der Waals surface area contributed by atoms with E-state index in [1.54, 1.807) is 44.2 Å². The number of carbonyl (C=O) groups is 2. The Kier molecular flexibility index (Phi) is 9.77. The quantitative estimate of drug-likeness (QED) is 0.685. The van der Waals surface area contributed by atoms with Gasteiger partial charge in [0.2, 0.25) is 5.91 Å². The summed E-state index contributed by atoms with van der Waals surface area (Å²) in [5.74, 6) is 1.33. The SMILES string of the molecule is CCC(=O)Nc1ccc2c(c1)C(=O)N(C)C[C@@H](OC)[C@@H](C)CN(CC1CCCCC1)[C@@H](C)CO2. The highest BCUT2D eigenvalue weighted by atomic mass is 16.5. The molecule has 7 heteroatoms. The Labute approximate surface area is 205 Å². The molecule has 0 radical (unpaired) electrons. The van der Waals surface area contributed by atoms with E-state index in [0.29, 0.717) is 36.6 Å². The van der Waals surface area contributed by atoms with Crippen molar-refractivity contribution >= 4 is 17.5 Å². The van der Waals surface area contributed by atoms with E-state index in [2.05, 4.69) is 24.1 Å². The Balaban J connectivity index is 1.88. The van der Waals surface area contributed by atoms with Crippen LogP contribution in [-0.4, -0.2) is 74.2 Å². The number of anilines is 1. The molecule has 1 aromatic rings. The fourth-order valence-electron chi connectivity index (χ4n) is 5.13. The third-order valence-corrected chi connectivity index (χ3v) is 7.40. The number of amides is 2. The van der Waals surface area contributed by atoms with Crippen LogP contribution in [0.15, 0.2) is 18.2 Å². The Morgan fingerprint density at radius 2 is 1.91 bits per heavy atom. The summed E-state index contributed by atoms with van der Waals surface area (Å²) in [6.45, 7) is 9.22. The summed E-state index contributed by atoms with van der Waals surface area (Å²) in [6, 6.07) is 5.54. The zero-order chi connectivity index (χ0) is 24.7. The zero-order valence-electron chi connectivity index (χ0n) is 21.6. The van der Waals surface area contributed by atoms with E-state index in [9.17, 15) is 9.59 Å². The van der Waals surface area contributed by atoms with Gasteiger partial charge in [-0.05, 0) is 49.8 Å². The van der Waals surface area contributed by atoms with Crippen molar-refractivity contribution in [2.75, 3.05) is 45.7 Å². The molecule has 34 heavy (non-hydrogen) atoms. The highest BCUT2D eigenvalue weighted by Crippen LogP contribution is 2.28. The summed E-state index contributed by atoms with van der Waals surface area (Å²) in [6.07, 6.45) is 6.94. The van der Waals surface area contributed by atoms with E-state index < -0.39 is 0 Å². The molecule has 1 aliphatic carbocycles. The monoisotopic (exact) mass is 473 g/mol. The average Bonchev–Trinajstić information content (AvgIpc) is 2.85. The molecule has 1 saturated carbocycles. The summed E-state index contributed by atoms with van der Waals surface area (Å²) >= 11 is 0. The molecule has 3 rings (SSSR count). The van der Waals surface area contributed by atoms with Crippen molar-refractivity contribution in [3.05, 3.63) is 23.8 Å². The second kappa shape index (κ2) is 12.5. The maximum Gasteiger partial charge on any atom is 0.257 e. The number of benzene rings is 1. The lowest BCUT2D eigenvalue weighted by atomic mass is 9.88. The van der Waals surface area contributed by atoms with Crippen LogP contribution in [0.1, 0.15) is 69.7 Å². The van der Waals surface area contributed by atoms with Gasteiger partial charge in [-0.2, -0.15) is 0 Å². The first-order valence-electron chi connectivity index (χ1n) is 12.9. The number of likely N-dealkylation sites (N-methyl/N-ethyl adjacent to an activating group) is 1. The largest absolute Gasteiger partial charge is 0.491 e. The molecule has 1 heterocycles. The van der Waals surface area contributed by atoms with Gasteiger partial charge in [-0.3, -0.25) is 14.5 Å². The maximum atomic E-state index is 13.4. The molecule has 0 spiro atoms. The molecule has 1 aliphatic heterocycles. The Bertz CT molecular complexity index is 824. The molecule has 7 nitrogen and oxygen atoms in total. The standard InChI is InChI=1S/C27H43N3O4/c1-6-26(31)28-22-12-13-24-23(14-22)27(32)29(4)17-25(33-5)19(2)15-30(20(3)18-34-24)16-21-10-8-7-9-11-21/h12-14,19-21,25H,6-11,15-18H2,1-5H3,(H,28,31)/t19-,20-,25+/m0/s1. The number of rotatable bonds is 5. The molecule has 0 aromatic heterocycles. The Hall–Kier alpha value is -2.12. The molecule has 0 unspecified atom stereocenters. The molecular weight excluding hydrogens is 430 g/mol. The molecule has 2 amide bonds. The zero-order valence-corrected chi connectivity index (χ0v) is 21.6. The van der Waals surface area contributed by atoms with Crippen molar-refractivity contribution in [3.8, 4) is 5.75 Å². The van der Waals surface area contributed by atoms with Gasteiger partial charge >= 0.3 is 0 Å². The molecule has 0 bridgehead atoms. The summed E-state index contributed by atoms with van der Waals surface area (Å²) in [5.41, 5.74) is 1.07. The predicted molar refractivity (Wildman–Crippen MR) is 135 cm³/mol. The predicted octanol–water partition coefficient (Wildman–Crippen LogP) is 4.42. The highest BCUT2D eigenvalue weighted by Gasteiger charge is 2.29. The maximum absolute atomic E-state index is 13.4. The number of carbonyl (C=O) groups excluding carboxylic acids is 2. The minimum absolute atomic E-state index is 0.0678. The van der Waals surface area contributed by atoms with Crippen molar-refractivity contribution in [3.63, 3.8) is 0 Å². The van der Waals surface area contributed by atoms with Crippen molar-refractivity contribution in [1.82, 2.24) is 9.80 Å². The van der Waals surface area contributed by atoms with E-state index in [4.69, 9.17) is 9.47 Å². The number of methoxy groups -OCH3 is 1. The molecule has 1 N–H and O–H groups in total. The van der Waals surface area contributed by atoms with Crippen LogP contribution in [0.5, 0.6) is 5.75 Å². The third-order valence-electron chi connectivity index (χ3n) is 7.40. The van der Waals surface area contributed by atoms with Crippen molar-refractivity contribution in [2.24, 2.45) is 11.8 Å². The fraction of sp³-hybridized carbons (Fsp3) is 0.704. The van der Waals surface area contributed by atoms with Gasteiger partial charge in [-0.1, -0.05) is 33.1 Å². The van der Waals surface area contributed by atoms with Gasteiger partial charge in [0.05, 0.1) is 11.7 Å². The number of hydrogen-bond donors (Lipinski definition) is 1. The van der Waals surface area contributed by atoms with Crippen LogP contribution < -0.4 is 10.1 Å². The molecule has 2 aliphatic rings. The van der Waals surface area contributed by atoms with E-state index in [1.807, 2.05) is 0 Å². The van der Waals surface area contributed by atoms with E-state index in [-0.39, 0.29) is 29.9 Å². The van der Waals surface area contributed by atoms with Crippen molar-refractivity contribution in [2.45, 2.75) is 71.4 Å². The van der Waals surface area contributed by atoms with Gasteiger partial charge < -0.3 is 19.7 Å². The number of ether oxygens (including phenoxy) is 2. The normalized spacial score (nSPS) is 25.6. The van der Waals surface area contributed by atoms with Gasteiger partial charge in [-0.15, -0.1) is 0 Å². The van der Waals surface area contributed by atoms with Crippen molar-refractivity contribution < 1.29 is 19.1 Å². The Morgan fingerprint density at radius 1 is 1.18 bits per heavy atom. The first-order chi connectivity index (χ1) is 16.3. The fourth-order valence-corrected chi connectivity index (χ4v) is 5.13. The second-order valence-electron chi connectivity index (χ2n) is 10.2. The van der Waals surface area contributed by atoms with Crippen LogP contribution in [0.25, 0.3) is 0 Å². The number of nitrogens with one attached hydrogen (secondary N) is 1. The minimum Gasteiger partial charge on any atom is -0.491 e. The number of fused-ring (bicyclic) bond motifs is 1. The summed E-state index contributed by atoms with van der Waals surface area (Å²) in [7, 11) is 3.53. The summed E-state index contributed by atoms with van der Waals surface area (Å²) in [4.78, 5) is 29.6. The van der Waals surface area contributed by atoms with Gasteiger partial charge in [0.15, 0.2) is 0 Å². The molecule has 190 valence electrons. The van der Waals surface area contributed by atoms with Crippen LogP contribution in [0.3, 0.4) is 0 Å². The summed E-state index contributed by atoms with van der Waals surface area (Å²) in [5, 5.41) is 2.85. The average molecular weight is 474 g/mol. The van der Waals surface area contributed by atoms with E-state index >= 15 is 0 Å². The molecule has 1 aromatic carbocycles. The van der Waals surface area contributed by atoms with E-state index in [0.717, 1.165) is 19.0 Å². The van der Waals surface area contributed by atoms with Crippen LogP contribution in [0.4, 0.5) is 5.69 Å². The first-order valence-corrected chi connectivity index (χ1v) is 12.9. The van der Waals surface area contributed by atoms with Gasteiger partial charge in [0.1, 0.15) is 12.4 Å². The van der Waals surface area contributed by atoms with Crippen LogP contribution in [-0.2, 0) is 9.53 Å². The molecule has 1 fully saturated rings. The van der Waals surface area contributed by atoms with Gasteiger partial charge in [0.25, 0.3) is 5.91 Å². The second-order valence-corrected chi connectivity index (χ2v) is 10.2. The first kappa shape index (κ1) is 26.5. The Morgan fingerprint density at radius 3 is 2.59 bits per heavy atom. The van der Waals surface area contributed by atoms with Gasteiger partial charge in [-0.25, -0.2) is 0 Å². The topological polar surface area (TPSA) is 71.1 Å². The lowest BCUT2D eigenvalue weighted by molar-refractivity contribution is -0.115. The molecule has 3 atom stereocenters. The number of hydrogen-bond acceptors (Lipinski definition) is 5. The number of nitrogens with zero attached hydrogens (tertiary/aromatic N) is 2. The highest BCUT2D eigenvalue weighted by molar-refractivity contribution is 5.99.